The molecule has 4 aromatic rings. The predicted octanol–water partition coefficient (Wildman–Crippen LogP) is 6.33. The monoisotopic (exact) mass is 532 g/mol. The van der Waals surface area contributed by atoms with Crippen LogP contribution in [0.25, 0.3) is 5.70 Å². The number of fused-ring (bicyclic) bond motifs is 3. The number of hydrogen-bond donors (Lipinski definition) is 1. The van der Waals surface area contributed by atoms with Gasteiger partial charge < -0.3 is 14.8 Å². The van der Waals surface area contributed by atoms with Crippen molar-refractivity contribution < 1.29 is 9.47 Å². The van der Waals surface area contributed by atoms with Gasteiger partial charge in [0.1, 0.15) is 23.6 Å². The van der Waals surface area contributed by atoms with Gasteiger partial charge in [0.25, 0.3) is 0 Å². The molecule has 0 fully saturated rings. The summed E-state index contributed by atoms with van der Waals surface area (Å²) in [5, 5.41) is 9.14. The molecular formula is C26H21BrN4O2S. The minimum atomic E-state index is -0.298. The van der Waals surface area contributed by atoms with E-state index in [-0.39, 0.29) is 12.1 Å². The summed E-state index contributed by atoms with van der Waals surface area (Å²) in [5.41, 5.74) is 5.28. The number of nitrogens with zero attached hydrogens (tertiary/aromatic N) is 3. The molecule has 0 saturated carbocycles. The van der Waals surface area contributed by atoms with Crippen molar-refractivity contribution in [2.75, 3.05) is 18.7 Å². The Kier molecular flexibility index (Phi) is 5.34. The van der Waals surface area contributed by atoms with Crippen molar-refractivity contribution in [3.05, 3.63) is 99.5 Å². The first-order valence-corrected chi connectivity index (χ1v) is 12.8. The second kappa shape index (κ2) is 8.52. The van der Waals surface area contributed by atoms with E-state index < -0.39 is 0 Å². The standard InChI is InChI=1S/C26H21BrN4O2S/c1-32-18-13-9-15(10-14-18)23-21-22(28-25-29-26(34-2)30-31(23)25)19-5-3-4-6-20(19)33-24(21)16-7-11-17(27)12-8-16/h3-14,23-24H,1-2H3,(H,28,29,30)/t23-,24-/m0/s1. The lowest BCUT2D eigenvalue weighted by Crippen LogP contribution is -2.32. The average Bonchev–Trinajstić information content (AvgIpc) is 3.30. The third-order valence-electron chi connectivity index (χ3n) is 6.15. The summed E-state index contributed by atoms with van der Waals surface area (Å²) >= 11 is 5.08. The largest absolute Gasteiger partial charge is 0.497 e. The zero-order chi connectivity index (χ0) is 23.2. The highest BCUT2D eigenvalue weighted by Crippen LogP contribution is 2.51. The van der Waals surface area contributed by atoms with Crippen LogP contribution in [0.2, 0.25) is 0 Å². The van der Waals surface area contributed by atoms with E-state index in [1.165, 1.54) is 11.8 Å². The lowest BCUT2D eigenvalue weighted by Gasteiger charge is -2.39. The number of thioether (sulfide) groups is 1. The van der Waals surface area contributed by atoms with Crippen molar-refractivity contribution in [3.63, 3.8) is 0 Å². The molecule has 6 rings (SSSR count). The third-order valence-corrected chi connectivity index (χ3v) is 7.21. The van der Waals surface area contributed by atoms with Gasteiger partial charge in [-0.2, -0.15) is 4.98 Å². The number of benzene rings is 3. The van der Waals surface area contributed by atoms with E-state index in [0.717, 1.165) is 55.0 Å². The van der Waals surface area contributed by atoms with Gasteiger partial charge in [-0.15, -0.1) is 5.10 Å². The first-order valence-electron chi connectivity index (χ1n) is 10.8. The van der Waals surface area contributed by atoms with Crippen molar-refractivity contribution in [2.45, 2.75) is 17.3 Å². The summed E-state index contributed by atoms with van der Waals surface area (Å²) in [6.07, 6.45) is 1.69. The summed E-state index contributed by atoms with van der Waals surface area (Å²) in [6, 6.07) is 24.4. The van der Waals surface area contributed by atoms with Gasteiger partial charge in [0.15, 0.2) is 0 Å². The Bertz CT molecular complexity index is 1400. The van der Waals surface area contributed by atoms with E-state index in [0.29, 0.717) is 0 Å². The molecule has 2 atom stereocenters. The van der Waals surface area contributed by atoms with Gasteiger partial charge >= 0.3 is 0 Å². The molecule has 34 heavy (non-hydrogen) atoms. The highest BCUT2D eigenvalue weighted by atomic mass is 79.9. The van der Waals surface area contributed by atoms with Crippen LogP contribution in [0.15, 0.2) is 88.0 Å². The van der Waals surface area contributed by atoms with Crippen LogP contribution in [0.1, 0.15) is 28.8 Å². The van der Waals surface area contributed by atoms with Gasteiger partial charge in [-0.3, -0.25) is 0 Å². The Morgan fingerprint density at radius 2 is 1.74 bits per heavy atom. The molecule has 1 aromatic heterocycles. The maximum atomic E-state index is 6.67. The zero-order valence-corrected chi connectivity index (χ0v) is 20.9. The topological polar surface area (TPSA) is 61.2 Å². The van der Waals surface area contributed by atoms with Crippen LogP contribution in [0.4, 0.5) is 5.95 Å². The van der Waals surface area contributed by atoms with Gasteiger partial charge in [0.2, 0.25) is 11.1 Å². The Hall–Kier alpha value is -3.23. The molecule has 8 heteroatoms. The molecule has 2 aliphatic heterocycles. The molecule has 6 nitrogen and oxygen atoms in total. The minimum Gasteiger partial charge on any atom is -0.497 e. The fraction of sp³-hybridized carbons (Fsp3) is 0.154. The number of halogens is 1. The summed E-state index contributed by atoms with van der Waals surface area (Å²) < 4.78 is 15.1. The first-order chi connectivity index (χ1) is 16.7. The first kappa shape index (κ1) is 21.3. The highest BCUT2D eigenvalue weighted by molar-refractivity contribution is 9.10. The number of hydrogen-bond acceptors (Lipinski definition) is 6. The fourth-order valence-electron chi connectivity index (χ4n) is 4.56. The zero-order valence-electron chi connectivity index (χ0n) is 18.5. The number of para-hydroxylation sites is 1. The Morgan fingerprint density at radius 1 is 1.00 bits per heavy atom. The van der Waals surface area contributed by atoms with E-state index in [1.807, 2.05) is 53.4 Å². The predicted molar refractivity (Wildman–Crippen MR) is 137 cm³/mol. The van der Waals surface area contributed by atoms with Gasteiger partial charge in [-0.05, 0) is 53.8 Å². The number of aromatic nitrogens is 3. The molecule has 0 saturated heterocycles. The second-order valence-corrected chi connectivity index (χ2v) is 9.73. The van der Waals surface area contributed by atoms with Crippen molar-refractivity contribution in [3.8, 4) is 11.5 Å². The molecular weight excluding hydrogens is 512 g/mol. The second-order valence-electron chi connectivity index (χ2n) is 8.04. The molecule has 0 aliphatic carbocycles. The number of methoxy groups -OCH3 is 1. The Balaban J connectivity index is 1.61. The summed E-state index contributed by atoms with van der Waals surface area (Å²) in [7, 11) is 1.68. The fourth-order valence-corrected chi connectivity index (χ4v) is 5.18. The molecule has 3 heterocycles. The maximum Gasteiger partial charge on any atom is 0.227 e. The smallest absolute Gasteiger partial charge is 0.227 e. The molecule has 2 aliphatic rings. The third kappa shape index (κ3) is 3.49. The van der Waals surface area contributed by atoms with Crippen molar-refractivity contribution in [1.29, 1.82) is 0 Å². The van der Waals surface area contributed by atoms with Gasteiger partial charge in [-0.25, -0.2) is 4.68 Å². The van der Waals surface area contributed by atoms with Crippen molar-refractivity contribution in [1.82, 2.24) is 14.8 Å². The summed E-state index contributed by atoms with van der Waals surface area (Å²) in [6.45, 7) is 0. The molecule has 0 spiro atoms. The average molecular weight is 533 g/mol. The van der Waals surface area contributed by atoms with Crippen molar-refractivity contribution in [2.24, 2.45) is 0 Å². The number of nitrogens with one attached hydrogen (secondary N) is 1. The lowest BCUT2D eigenvalue weighted by atomic mass is 9.84. The maximum absolute atomic E-state index is 6.67. The van der Waals surface area contributed by atoms with E-state index >= 15 is 0 Å². The number of ether oxygens (including phenoxy) is 2. The summed E-state index contributed by atoms with van der Waals surface area (Å²) in [4.78, 5) is 4.75. The number of anilines is 1. The van der Waals surface area contributed by atoms with E-state index in [9.17, 15) is 0 Å². The van der Waals surface area contributed by atoms with E-state index in [4.69, 9.17) is 19.6 Å². The highest BCUT2D eigenvalue weighted by Gasteiger charge is 2.41. The molecule has 1 N–H and O–H groups in total. The van der Waals surface area contributed by atoms with Crippen LogP contribution in [-0.2, 0) is 0 Å². The Labute approximate surface area is 210 Å². The van der Waals surface area contributed by atoms with Gasteiger partial charge in [0, 0.05) is 15.6 Å². The molecule has 3 aromatic carbocycles. The molecule has 0 bridgehead atoms. The quantitative estimate of drug-likeness (QED) is 0.310. The molecule has 0 amide bonds. The van der Waals surface area contributed by atoms with E-state index in [2.05, 4.69) is 51.6 Å². The van der Waals surface area contributed by atoms with Gasteiger partial charge in [0.05, 0.1) is 12.8 Å². The number of rotatable bonds is 4. The summed E-state index contributed by atoms with van der Waals surface area (Å²) in [5.74, 6) is 2.37. The van der Waals surface area contributed by atoms with Gasteiger partial charge in [-0.1, -0.05) is 64.1 Å². The minimum absolute atomic E-state index is 0.201. The van der Waals surface area contributed by atoms with Crippen LogP contribution in [0.3, 0.4) is 0 Å². The Morgan fingerprint density at radius 3 is 2.47 bits per heavy atom. The molecule has 170 valence electrons. The van der Waals surface area contributed by atoms with Crippen molar-refractivity contribution >= 4 is 39.3 Å². The van der Waals surface area contributed by atoms with Crippen LogP contribution >= 0.6 is 27.7 Å². The van der Waals surface area contributed by atoms with E-state index in [1.54, 1.807) is 7.11 Å². The van der Waals surface area contributed by atoms with Crippen LogP contribution < -0.4 is 14.8 Å². The normalized spacial score (nSPS) is 18.3. The molecule has 0 radical (unpaired) electrons. The SMILES string of the molecule is COc1ccc([C@H]2C3=C(Nc4nc(SC)nn42)c2ccccc2O[C@H]3c2ccc(Br)cc2)cc1. The lowest BCUT2D eigenvalue weighted by molar-refractivity contribution is 0.223. The molecule has 0 unspecified atom stereocenters. The van der Waals surface area contributed by atoms with Crippen LogP contribution in [0, 0.1) is 0 Å². The van der Waals surface area contributed by atoms with Crippen LogP contribution in [0.5, 0.6) is 11.5 Å². The van der Waals surface area contributed by atoms with Crippen LogP contribution in [-0.4, -0.2) is 28.1 Å².